The molecule has 2 N–H and O–H groups in total. The zero-order valence-electron chi connectivity index (χ0n) is 17.7. The van der Waals surface area contributed by atoms with Gasteiger partial charge in [-0.3, -0.25) is 4.79 Å². The molecule has 1 atom stereocenters. The number of aromatic nitrogens is 4. The van der Waals surface area contributed by atoms with Crippen molar-refractivity contribution >= 4 is 28.6 Å². The molecule has 3 aromatic rings. The minimum Gasteiger partial charge on any atom is -0.378 e. The van der Waals surface area contributed by atoms with Gasteiger partial charge >= 0.3 is 0 Å². The summed E-state index contributed by atoms with van der Waals surface area (Å²) in [6.45, 7) is 6.66. The third-order valence-electron chi connectivity index (χ3n) is 5.93. The van der Waals surface area contributed by atoms with E-state index in [0.717, 1.165) is 80.7 Å². The largest absolute Gasteiger partial charge is 0.378 e. The number of rotatable bonds is 4. The summed E-state index contributed by atoms with van der Waals surface area (Å²) in [5.41, 5.74) is 2.21. The Labute approximate surface area is 180 Å². The highest BCUT2D eigenvalue weighted by Crippen LogP contribution is 2.23. The Morgan fingerprint density at radius 1 is 1.16 bits per heavy atom. The highest BCUT2D eigenvalue weighted by atomic mass is 16.5. The summed E-state index contributed by atoms with van der Waals surface area (Å²) in [6, 6.07) is 7.75. The maximum atomic E-state index is 13.0. The highest BCUT2D eigenvalue weighted by Gasteiger charge is 2.25. The van der Waals surface area contributed by atoms with Gasteiger partial charge in [0, 0.05) is 38.3 Å². The molecule has 2 fully saturated rings. The average molecular weight is 422 g/mol. The summed E-state index contributed by atoms with van der Waals surface area (Å²) in [6.07, 6.45) is 3.57. The molecular weight excluding hydrogens is 394 g/mol. The van der Waals surface area contributed by atoms with Crippen molar-refractivity contribution in [3.05, 3.63) is 42.0 Å². The molecule has 162 valence electrons. The SMILES string of the molecule is Cc1nc2c(C(=O)NC3CCCN(c4cc(N5CCOCC5)ncn4)C3)cccc2[nH]1. The summed E-state index contributed by atoms with van der Waals surface area (Å²) < 4.78 is 5.44. The third-order valence-corrected chi connectivity index (χ3v) is 5.93. The number of hydrogen-bond acceptors (Lipinski definition) is 7. The van der Waals surface area contributed by atoms with Crippen LogP contribution in [0.4, 0.5) is 11.6 Å². The van der Waals surface area contributed by atoms with Crippen molar-refractivity contribution in [3.63, 3.8) is 0 Å². The number of nitrogens with one attached hydrogen (secondary N) is 2. The first-order chi connectivity index (χ1) is 15.2. The number of fused-ring (bicyclic) bond motifs is 1. The summed E-state index contributed by atoms with van der Waals surface area (Å²) in [5.74, 6) is 2.56. The zero-order valence-corrected chi connectivity index (χ0v) is 17.7. The number of H-pyrrole nitrogens is 1. The predicted molar refractivity (Wildman–Crippen MR) is 119 cm³/mol. The number of ether oxygens (including phenoxy) is 1. The number of hydrogen-bond donors (Lipinski definition) is 2. The van der Waals surface area contributed by atoms with Crippen LogP contribution in [-0.2, 0) is 4.74 Å². The molecule has 4 heterocycles. The van der Waals surface area contributed by atoms with Crippen LogP contribution < -0.4 is 15.1 Å². The van der Waals surface area contributed by atoms with Gasteiger partial charge in [-0.15, -0.1) is 0 Å². The molecule has 0 saturated carbocycles. The molecule has 1 unspecified atom stereocenters. The monoisotopic (exact) mass is 421 g/mol. The van der Waals surface area contributed by atoms with Gasteiger partial charge in [-0.2, -0.15) is 0 Å². The van der Waals surface area contributed by atoms with Crippen molar-refractivity contribution in [1.82, 2.24) is 25.3 Å². The van der Waals surface area contributed by atoms with Crippen molar-refractivity contribution in [2.24, 2.45) is 0 Å². The summed E-state index contributed by atoms with van der Waals surface area (Å²) in [4.78, 5) is 34.1. The predicted octanol–water partition coefficient (Wildman–Crippen LogP) is 1.90. The van der Waals surface area contributed by atoms with E-state index < -0.39 is 0 Å². The van der Waals surface area contributed by atoms with Crippen molar-refractivity contribution in [3.8, 4) is 0 Å². The van der Waals surface area contributed by atoms with Gasteiger partial charge in [-0.05, 0) is 31.9 Å². The third kappa shape index (κ3) is 4.18. The van der Waals surface area contributed by atoms with Crippen LogP contribution in [0.25, 0.3) is 11.0 Å². The number of morpholine rings is 1. The number of piperidine rings is 1. The second-order valence-corrected chi connectivity index (χ2v) is 8.12. The Hall–Kier alpha value is -3.20. The quantitative estimate of drug-likeness (QED) is 0.664. The number of carbonyl (C=O) groups is 1. The number of anilines is 2. The number of imidazole rings is 1. The molecular formula is C22H27N7O2. The summed E-state index contributed by atoms with van der Waals surface area (Å²) >= 11 is 0. The van der Waals surface area contributed by atoms with Crippen molar-refractivity contribution in [2.75, 3.05) is 49.2 Å². The lowest BCUT2D eigenvalue weighted by Crippen LogP contribution is -2.48. The number of para-hydroxylation sites is 1. The topological polar surface area (TPSA) is 99.3 Å². The number of benzene rings is 1. The smallest absolute Gasteiger partial charge is 0.253 e. The first kappa shape index (κ1) is 19.7. The average Bonchev–Trinajstić information content (AvgIpc) is 3.20. The van der Waals surface area contributed by atoms with Crippen molar-refractivity contribution in [1.29, 1.82) is 0 Å². The van der Waals surface area contributed by atoms with E-state index in [1.807, 2.05) is 31.2 Å². The molecule has 5 rings (SSSR count). The van der Waals surface area contributed by atoms with Crippen LogP contribution in [-0.4, -0.2) is 71.3 Å². The molecule has 31 heavy (non-hydrogen) atoms. The number of aromatic amines is 1. The van der Waals surface area contributed by atoms with Crippen LogP contribution in [0.2, 0.25) is 0 Å². The second-order valence-electron chi connectivity index (χ2n) is 8.12. The Morgan fingerprint density at radius 3 is 2.81 bits per heavy atom. The van der Waals surface area contributed by atoms with Gasteiger partial charge in [0.25, 0.3) is 5.91 Å². The highest BCUT2D eigenvalue weighted by molar-refractivity contribution is 6.05. The molecule has 9 nitrogen and oxygen atoms in total. The maximum absolute atomic E-state index is 13.0. The van der Waals surface area contributed by atoms with E-state index in [0.29, 0.717) is 5.56 Å². The molecule has 1 amide bonds. The summed E-state index contributed by atoms with van der Waals surface area (Å²) in [5, 5.41) is 3.21. The molecule has 0 spiro atoms. The van der Waals surface area contributed by atoms with Gasteiger partial charge < -0.3 is 24.8 Å². The van der Waals surface area contributed by atoms with Crippen molar-refractivity contribution < 1.29 is 9.53 Å². The van der Waals surface area contributed by atoms with E-state index in [9.17, 15) is 4.79 Å². The van der Waals surface area contributed by atoms with E-state index in [2.05, 4.69) is 35.1 Å². The second kappa shape index (κ2) is 8.50. The Balaban J connectivity index is 1.29. The molecule has 2 saturated heterocycles. The number of carbonyl (C=O) groups excluding carboxylic acids is 1. The lowest BCUT2D eigenvalue weighted by Gasteiger charge is -2.34. The molecule has 0 aliphatic carbocycles. The fraction of sp³-hybridized carbons (Fsp3) is 0.455. The van der Waals surface area contributed by atoms with Gasteiger partial charge in [0.05, 0.1) is 24.3 Å². The van der Waals surface area contributed by atoms with Crippen LogP contribution in [0.1, 0.15) is 29.0 Å². The van der Waals surface area contributed by atoms with Gasteiger partial charge in [-0.1, -0.05) is 6.07 Å². The number of amides is 1. The molecule has 2 aromatic heterocycles. The summed E-state index contributed by atoms with van der Waals surface area (Å²) in [7, 11) is 0. The molecule has 0 bridgehead atoms. The lowest BCUT2D eigenvalue weighted by molar-refractivity contribution is 0.0934. The van der Waals surface area contributed by atoms with Crippen LogP contribution in [0, 0.1) is 6.92 Å². The first-order valence-electron chi connectivity index (χ1n) is 10.8. The van der Waals surface area contributed by atoms with Crippen molar-refractivity contribution in [2.45, 2.75) is 25.8 Å². The van der Waals surface area contributed by atoms with E-state index >= 15 is 0 Å². The Morgan fingerprint density at radius 2 is 1.97 bits per heavy atom. The van der Waals surface area contributed by atoms with Crippen LogP contribution in [0.15, 0.2) is 30.6 Å². The normalized spacial score (nSPS) is 19.6. The van der Waals surface area contributed by atoms with Gasteiger partial charge in [-0.25, -0.2) is 15.0 Å². The van der Waals surface area contributed by atoms with E-state index in [1.54, 1.807) is 6.33 Å². The molecule has 1 aromatic carbocycles. The van der Waals surface area contributed by atoms with Crippen LogP contribution in [0.3, 0.4) is 0 Å². The fourth-order valence-electron chi connectivity index (χ4n) is 4.38. The van der Waals surface area contributed by atoms with E-state index in [4.69, 9.17) is 4.74 Å². The minimum atomic E-state index is -0.0827. The molecule has 0 radical (unpaired) electrons. The first-order valence-corrected chi connectivity index (χ1v) is 10.8. The number of nitrogens with zero attached hydrogens (tertiary/aromatic N) is 5. The molecule has 9 heteroatoms. The zero-order chi connectivity index (χ0) is 21.2. The van der Waals surface area contributed by atoms with Gasteiger partial charge in [0.15, 0.2) is 0 Å². The lowest BCUT2D eigenvalue weighted by atomic mass is 10.0. The number of aryl methyl sites for hydroxylation is 1. The molecule has 2 aliphatic heterocycles. The van der Waals surface area contributed by atoms with E-state index in [1.165, 1.54) is 0 Å². The Bertz CT molecular complexity index is 1080. The van der Waals surface area contributed by atoms with Gasteiger partial charge in [0.2, 0.25) is 0 Å². The fourth-order valence-corrected chi connectivity index (χ4v) is 4.38. The van der Waals surface area contributed by atoms with Crippen LogP contribution >= 0.6 is 0 Å². The maximum Gasteiger partial charge on any atom is 0.253 e. The Kier molecular flexibility index (Phi) is 5.42. The van der Waals surface area contributed by atoms with Gasteiger partial charge in [0.1, 0.15) is 29.3 Å². The molecule has 2 aliphatic rings. The van der Waals surface area contributed by atoms with Crippen LogP contribution in [0.5, 0.6) is 0 Å². The minimum absolute atomic E-state index is 0.0540. The standard InChI is InChI=1S/C22H27N7O2/c1-15-25-18-6-2-5-17(21(18)26-15)22(30)27-16-4-3-7-29(13-16)20-12-19(23-14-24-20)28-8-10-31-11-9-28/h2,5-6,12,14,16H,3-4,7-11,13H2,1H3,(H,25,26)(H,27,30). The van der Waals surface area contributed by atoms with E-state index in [-0.39, 0.29) is 11.9 Å².